The van der Waals surface area contributed by atoms with Crippen molar-refractivity contribution in [2.75, 3.05) is 0 Å². The molecule has 0 amide bonds. The molecule has 2 unspecified atom stereocenters. The molecule has 0 N–H and O–H groups in total. The first-order valence-electron chi connectivity index (χ1n) is 7.02. The van der Waals surface area contributed by atoms with Gasteiger partial charge >= 0.3 is 5.97 Å². The third kappa shape index (κ3) is 3.57. The molecule has 0 bridgehead atoms. The van der Waals surface area contributed by atoms with Crippen molar-refractivity contribution in [2.45, 2.75) is 46.1 Å². The molecule has 2 rings (SSSR count). The highest BCUT2D eigenvalue weighted by Gasteiger charge is 2.30. The first kappa shape index (κ1) is 14.1. The second kappa shape index (κ2) is 6.20. The Morgan fingerprint density at radius 1 is 1.21 bits per heavy atom. The van der Waals surface area contributed by atoms with E-state index in [-0.39, 0.29) is 6.10 Å². The largest absolute Gasteiger partial charge is 0.373 e. The first-order chi connectivity index (χ1) is 9.08. The Balaban J connectivity index is 1.93. The molecule has 0 spiro atoms. The standard InChI is InChI=1S/C16H22O3/c1-11-6-4-9-14(10-11)16(17)19-18-15-12(2)7-5-8-13(15)3/h4,6,9-10,12-13,15H,5,7-8H2,1-3H3. The molecule has 1 aliphatic rings. The van der Waals surface area contributed by atoms with Crippen LogP contribution in [-0.4, -0.2) is 12.1 Å². The normalized spacial score (nSPS) is 27.0. The van der Waals surface area contributed by atoms with Gasteiger partial charge < -0.3 is 0 Å². The van der Waals surface area contributed by atoms with Gasteiger partial charge in [0.2, 0.25) is 0 Å². The maximum Gasteiger partial charge on any atom is 0.373 e. The maximum atomic E-state index is 11.9. The second-order valence-corrected chi connectivity index (χ2v) is 5.69. The molecular weight excluding hydrogens is 240 g/mol. The van der Waals surface area contributed by atoms with Crippen molar-refractivity contribution in [2.24, 2.45) is 11.8 Å². The van der Waals surface area contributed by atoms with Gasteiger partial charge in [-0.3, -0.25) is 4.89 Å². The van der Waals surface area contributed by atoms with E-state index in [1.165, 1.54) is 6.42 Å². The van der Waals surface area contributed by atoms with Crippen molar-refractivity contribution in [3.63, 3.8) is 0 Å². The molecule has 1 aromatic carbocycles. The lowest BCUT2D eigenvalue weighted by atomic mass is 9.81. The summed E-state index contributed by atoms with van der Waals surface area (Å²) >= 11 is 0. The third-order valence-electron chi connectivity index (χ3n) is 3.93. The zero-order chi connectivity index (χ0) is 13.8. The monoisotopic (exact) mass is 262 g/mol. The van der Waals surface area contributed by atoms with Crippen molar-refractivity contribution in [3.8, 4) is 0 Å². The molecule has 0 heterocycles. The van der Waals surface area contributed by atoms with Gasteiger partial charge in [-0.05, 0) is 43.7 Å². The molecule has 1 aliphatic carbocycles. The Labute approximate surface area is 114 Å². The summed E-state index contributed by atoms with van der Waals surface area (Å²) in [6.45, 7) is 6.25. The fraction of sp³-hybridized carbons (Fsp3) is 0.562. The molecule has 1 saturated carbocycles. The smallest absolute Gasteiger partial charge is 0.293 e. The summed E-state index contributed by atoms with van der Waals surface area (Å²) < 4.78 is 0. The van der Waals surface area contributed by atoms with Crippen LogP contribution in [0.25, 0.3) is 0 Å². The van der Waals surface area contributed by atoms with Gasteiger partial charge in [-0.15, -0.1) is 0 Å². The van der Waals surface area contributed by atoms with Gasteiger partial charge in [0.05, 0.1) is 5.56 Å². The minimum atomic E-state index is -0.409. The molecule has 2 atom stereocenters. The summed E-state index contributed by atoms with van der Waals surface area (Å²) in [5.74, 6) is 0.469. The Morgan fingerprint density at radius 3 is 2.53 bits per heavy atom. The Bertz CT molecular complexity index is 431. The zero-order valence-electron chi connectivity index (χ0n) is 11.9. The van der Waals surface area contributed by atoms with E-state index in [4.69, 9.17) is 9.78 Å². The van der Waals surface area contributed by atoms with E-state index in [0.717, 1.165) is 18.4 Å². The fourth-order valence-corrected chi connectivity index (χ4v) is 2.76. The molecule has 1 aromatic rings. The molecule has 3 nitrogen and oxygen atoms in total. The van der Waals surface area contributed by atoms with Gasteiger partial charge in [0, 0.05) is 0 Å². The van der Waals surface area contributed by atoms with Crippen molar-refractivity contribution in [1.82, 2.24) is 0 Å². The molecule has 104 valence electrons. The number of hydrogen-bond acceptors (Lipinski definition) is 3. The van der Waals surface area contributed by atoms with Crippen molar-refractivity contribution in [3.05, 3.63) is 35.4 Å². The SMILES string of the molecule is Cc1cccc(C(=O)OOC2C(C)CCCC2C)c1. The van der Waals surface area contributed by atoms with Crippen molar-refractivity contribution < 1.29 is 14.6 Å². The van der Waals surface area contributed by atoms with Crippen LogP contribution in [-0.2, 0) is 9.78 Å². The van der Waals surface area contributed by atoms with Gasteiger partial charge in [-0.25, -0.2) is 4.79 Å². The summed E-state index contributed by atoms with van der Waals surface area (Å²) in [4.78, 5) is 22.3. The van der Waals surface area contributed by atoms with Crippen LogP contribution >= 0.6 is 0 Å². The minimum absolute atomic E-state index is 0.0162. The minimum Gasteiger partial charge on any atom is -0.293 e. The summed E-state index contributed by atoms with van der Waals surface area (Å²) in [5.41, 5.74) is 1.57. The number of hydrogen-bond donors (Lipinski definition) is 0. The quantitative estimate of drug-likeness (QED) is 0.612. The highest BCUT2D eigenvalue weighted by atomic mass is 17.2. The molecule has 1 fully saturated rings. The van der Waals surface area contributed by atoms with Crippen molar-refractivity contribution >= 4 is 5.97 Å². The molecule has 0 aliphatic heterocycles. The van der Waals surface area contributed by atoms with E-state index in [0.29, 0.717) is 17.4 Å². The Kier molecular flexibility index (Phi) is 4.59. The van der Waals surface area contributed by atoms with E-state index in [1.807, 2.05) is 19.1 Å². The molecule has 0 aromatic heterocycles. The Morgan fingerprint density at radius 2 is 1.89 bits per heavy atom. The van der Waals surface area contributed by atoms with E-state index in [1.54, 1.807) is 12.1 Å². The van der Waals surface area contributed by atoms with E-state index >= 15 is 0 Å². The summed E-state index contributed by atoms with van der Waals surface area (Å²) in [7, 11) is 0. The van der Waals surface area contributed by atoms with Gasteiger partial charge in [-0.1, -0.05) is 38.0 Å². The van der Waals surface area contributed by atoms with E-state index in [2.05, 4.69) is 13.8 Å². The zero-order valence-corrected chi connectivity index (χ0v) is 11.9. The van der Waals surface area contributed by atoms with Crippen LogP contribution in [0.1, 0.15) is 49.0 Å². The summed E-state index contributed by atoms with van der Waals surface area (Å²) in [6.07, 6.45) is 3.52. The van der Waals surface area contributed by atoms with Gasteiger partial charge in [0.1, 0.15) is 6.10 Å². The van der Waals surface area contributed by atoms with Crippen LogP contribution in [0.2, 0.25) is 0 Å². The molecule has 0 saturated heterocycles. The lowest BCUT2D eigenvalue weighted by molar-refractivity contribution is -0.299. The number of aryl methyl sites for hydroxylation is 1. The van der Waals surface area contributed by atoms with Gasteiger partial charge in [-0.2, -0.15) is 4.89 Å². The average molecular weight is 262 g/mol. The highest BCUT2D eigenvalue weighted by molar-refractivity contribution is 5.89. The van der Waals surface area contributed by atoms with Crippen LogP contribution in [0.5, 0.6) is 0 Å². The third-order valence-corrected chi connectivity index (χ3v) is 3.93. The predicted molar refractivity (Wildman–Crippen MR) is 73.6 cm³/mol. The number of carbonyl (C=O) groups excluding carboxylic acids is 1. The fourth-order valence-electron chi connectivity index (χ4n) is 2.76. The maximum absolute atomic E-state index is 11.9. The van der Waals surface area contributed by atoms with Crippen LogP contribution in [0.4, 0.5) is 0 Å². The van der Waals surface area contributed by atoms with Crippen LogP contribution in [0.3, 0.4) is 0 Å². The van der Waals surface area contributed by atoms with Crippen LogP contribution in [0, 0.1) is 18.8 Å². The number of rotatable bonds is 3. The van der Waals surface area contributed by atoms with Gasteiger partial charge in [0.15, 0.2) is 0 Å². The lowest BCUT2D eigenvalue weighted by Crippen LogP contribution is -2.33. The van der Waals surface area contributed by atoms with Crippen LogP contribution in [0.15, 0.2) is 24.3 Å². The van der Waals surface area contributed by atoms with Gasteiger partial charge in [0.25, 0.3) is 0 Å². The van der Waals surface area contributed by atoms with E-state index in [9.17, 15) is 4.79 Å². The summed E-state index contributed by atoms with van der Waals surface area (Å²) in [5, 5.41) is 0. The summed E-state index contributed by atoms with van der Waals surface area (Å²) in [6, 6.07) is 7.34. The average Bonchev–Trinajstić information content (AvgIpc) is 2.38. The topological polar surface area (TPSA) is 35.5 Å². The Hall–Kier alpha value is -1.35. The molecule has 3 heteroatoms. The molecular formula is C16H22O3. The van der Waals surface area contributed by atoms with Crippen molar-refractivity contribution in [1.29, 1.82) is 0 Å². The number of carbonyl (C=O) groups is 1. The lowest BCUT2D eigenvalue weighted by Gasteiger charge is -2.32. The van der Waals surface area contributed by atoms with Crippen LogP contribution < -0.4 is 0 Å². The first-order valence-corrected chi connectivity index (χ1v) is 7.02. The number of benzene rings is 1. The predicted octanol–water partition coefficient (Wildman–Crippen LogP) is 3.91. The van der Waals surface area contributed by atoms with E-state index < -0.39 is 5.97 Å². The highest BCUT2D eigenvalue weighted by Crippen LogP contribution is 2.31. The second-order valence-electron chi connectivity index (χ2n) is 5.69. The molecule has 19 heavy (non-hydrogen) atoms. The molecule has 0 radical (unpaired) electrons.